The lowest BCUT2D eigenvalue weighted by Crippen LogP contribution is -2.37. The molecule has 0 aliphatic heterocycles. The number of hydrogen-bond donors (Lipinski definition) is 0. The summed E-state index contributed by atoms with van der Waals surface area (Å²) in [6.45, 7) is 16.3. The molecule has 0 aromatic heterocycles. The quantitative estimate of drug-likeness (QED) is 0.366. The maximum Gasteiger partial charge on any atom is 0.155 e. The van der Waals surface area contributed by atoms with E-state index in [1.807, 2.05) is 13.8 Å². The van der Waals surface area contributed by atoms with Crippen molar-refractivity contribution >= 4 is 0 Å². The van der Waals surface area contributed by atoms with Gasteiger partial charge in [-0.05, 0) is 55.8 Å². The van der Waals surface area contributed by atoms with Crippen LogP contribution in [0.25, 0.3) is 0 Å². The molecule has 2 aliphatic carbocycles. The van der Waals surface area contributed by atoms with Gasteiger partial charge >= 0.3 is 0 Å². The number of unbranched alkanes of at least 4 members (excludes halogenated alkanes) is 2. The van der Waals surface area contributed by atoms with Crippen molar-refractivity contribution in [2.24, 2.45) is 29.6 Å². The molecule has 2 saturated carbocycles. The standard InChI is InChI=1S/C19H36O2.C2H6/c1-6-8-9-10-20-14(5)21-18-12-15-11-17(18)19(13(3)4)16(15)7-2;1-2/h13-19H,6-12H2,1-5H3;1-2H3. The Labute approximate surface area is 145 Å². The Morgan fingerprint density at radius 2 is 1.70 bits per heavy atom. The van der Waals surface area contributed by atoms with Gasteiger partial charge in [-0.3, -0.25) is 0 Å². The number of hydrogen-bond acceptors (Lipinski definition) is 2. The van der Waals surface area contributed by atoms with E-state index < -0.39 is 0 Å². The van der Waals surface area contributed by atoms with E-state index in [0.29, 0.717) is 6.10 Å². The summed E-state index contributed by atoms with van der Waals surface area (Å²) in [6.07, 6.45) is 8.11. The normalized spacial score (nSPS) is 33.7. The molecule has 6 unspecified atom stereocenters. The Kier molecular flexibility index (Phi) is 9.77. The molecule has 23 heavy (non-hydrogen) atoms. The highest BCUT2D eigenvalue weighted by molar-refractivity contribution is 5.01. The Hall–Kier alpha value is -0.0800. The van der Waals surface area contributed by atoms with Gasteiger partial charge in [0.15, 0.2) is 6.29 Å². The first kappa shape index (κ1) is 21.0. The molecule has 0 radical (unpaired) electrons. The molecule has 2 heteroatoms. The van der Waals surface area contributed by atoms with Crippen molar-refractivity contribution in [3.63, 3.8) is 0 Å². The summed E-state index contributed by atoms with van der Waals surface area (Å²) >= 11 is 0. The minimum absolute atomic E-state index is 0.0286. The molecule has 0 saturated heterocycles. The average molecular weight is 327 g/mol. The molecule has 2 fully saturated rings. The molecular formula is C21H42O2. The molecule has 0 amide bonds. The molecule has 2 nitrogen and oxygen atoms in total. The van der Waals surface area contributed by atoms with E-state index in [0.717, 1.165) is 42.6 Å². The van der Waals surface area contributed by atoms with Gasteiger partial charge in [0.05, 0.1) is 6.10 Å². The fourth-order valence-electron chi connectivity index (χ4n) is 5.09. The summed E-state index contributed by atoms with van der Waals surface area (Å²) < 4.78 is 12.1. The number of rotatable bonds is 9. The van der Waals surface area contributed by atoms with Gasteiger partial charge in [-0.15, -0.1) is 0 Å². The van der Waals surface area contributed by atoms with Crippen LogP contribution in [0, 0.1) is 29.6 Å². The fraction of sp³-hybridized carbons (Fsp3) is 1.00. The van der Waals surface area contributed by atoms with E-state index in [2.05, 4.69) is 34.6 Å². The highest BCUT2D eigenvalue weighted by atomic mass is 16.7. The Balaban J connectivity index is 0.00000127. The third kappa shape index (κ3) is 5.46. The second-order valence-electron chi connectivity index (χ2n) is 7.61. The van der Waals surface area contributed by atoms with Crippen LogP contribution in [0.2, 0.25) is 0 Å². The zero-order valence-electron chi connectivity index (χ0n) is 16.8. The van der Waals surface area contributed by atoms with Crippen LogP contribution in [0.5, 0.6) is 0 Å². The van der Waals surface area contributed by atoms with Crippen molar-refractivity contribution in [1.29, 1.82) is 0 Å². The van der Waals surface area contributed by atoms with Crippen LogP contribution in [0.4, 0.5) is 0 Å². The Morgan fingerprint density at radius 3 is 2.26 bits per heavy atom. The van der Waals surface area contributed by atoms with Crippen LogP contribution < -0.4 is 0 Å². The van der Waals surface area contributed by atoms with Crippen LogP contribution in [0.1, 0.15) is 87.0 Å². The maximum atomic E-state index is 6.28. The summed E-state index contributed by atoms with van der Waals surface area (Å²) in [7, 11) is 0. The third-order valence-corrected chi connectivity index (χ3v) is 5.89. The SMILES string of the molecule is CC.CCCCCOC(C)OC1CC2CC1C(C(C)C)C2CC. The van der Waals surface area contributed by atoms with Gasteiger partial charge in [0.25, 0.3) is 0 Å². The summed E-state index contributed by atoms with van der Waals surface area (Å²) in [6, 6.07) is 0. The summed E-state index contributed by atoms with van der Waals surface area (Å²) in [4.78, 5) is 0. The monoisotopic (exact) mass is 326 g/mol. The average Bonchev–Trinajstić information content (AvgIpc) is 3.10. The highest BCUT2D eigenvalue weighted by Crippen LogP contribution is 2.56. The van der Waals surface area contributed by atoms with Crippen LogP contribution in [-0.2, 0) is 9.47 Å². The van der Waals surface area contributed by atoms with E-state index >= 15 is 0 Å². The molecule has 0 N–H and O–H groups in total. The maximum absolute atomic E-state index is 6.28. The van der Waals surface area contributed by atoms with Gasteiger partial charge < -0.3 is 9.47 Å². The van der Waals surface area contributed by atoms with Gasteiger partial charge in [-0.25, -0.2) is 0 Å². The van der Waals surface area contributed by atoms with Gasteiger partial charge in [0.1, 0.15) is 0 Å². The zero-order chi connectivity index (χ0) is 17.4. The van der Waals surface area contributed by atoms with Gasteiger partial charge in [-0.1, -0.05) is 60.8 Å². The van der Waals surface area contributed by atoms with Crippen LogP contribution in [-0.4, -0.2) is 19.0 Å². The molecule has 2 rings (SSSR count). The van der Waals surface area contributed by atoms with Crippen molar-refractivity contribution in [1.82, 2.24) is 0 Å². The second-order valence-corrected chi connectivity index (χ2v) is 7.61. The van der Waals surface area contributed by atoms with Crippen LogP contribution in [0.15, 0.2) is 0 Å². The third-order valence-electron chi connectivity index (χ3n) is 5.89. The first-order valence-corrected chi connectivity index (χ1v) is 10.3. The summed E-state index contributed by atoms with van der Waals surface area (Å²) in [5.41, 5.74) is 0. The van der Waals surface area contributed by atoms with Gasteiger partial charge in [0.2, 0.25) is 0 Å². The van der Waals surface area contributed by atoms with Gasteiger partial charge in [0, 0.05) is 6.61 Å². The molecule has 0 aromatic rings. The Morgan fingerprint density at radius 1 is 1.00 bits per heavy atom. The lowest BCUT2D eigenvalue weighted by atomic mass is 9.71. The minimum Gasteiger partial charge on any atom is -0.353 e. The highest BCUT2D eigenvalue weighted by Gasteiger charge is 2.53. The first-order chi connectivity index (χ1) is 11.1. The predicted molar refractivity (Wildman–Crippen MR) is 99.5 cm³/mol. The van der Waals surface area contributed by atoms with E-state index in [1.54, 1.807) is 0 Å². The molecule has 0 spiro atoms. The smallest absolute Gasteiger partial charge is 0.155 e. The lowest BCUT2D eigenvalue weighted by molar-refractivity contribution is -0.180. The van der Waals surface area contributed by atoms with Gasteiger partial charge in [-0.2, -0.15) is 0 Å². The number of ether oxygens (including phenoxy) is 2. The summed E-state index contributed by atoms with van der Waals surface area (Å²) in [5, 5.41) is 0. The minimum atomic E-state index is -0.0286. The molecular weight excluding hydrogens is 284 g/mol. The molecule has 6 atom stereocenters. The van der Waals surface area contributed by atoms with Crippen molar-refractivity contribution in [2.45, 2.75) is 99.4 Å². The van der Waals surface area contributed by atoms with Crippen molar-refractivity contribution in [2.75, 3.05) is 6.61 Å². The van der Waals surface area contributed by atoms with E-state index in [1.165, 1.54) is 32.1 Å². The molecule has 138 valence electrons. The fourth-order valence-corrected chi connectivity index (χ4v) is 5.09. The molecule has 0 heterocycles. The van der Waals surface area contributed by atoms with E-state index in [9.17, 15) is 0 Å². The topological polar surface area (TPSA) is 18.5 Å². The first-order valence-electron chi connectivity index (χ1n) is 10.3. The molecule has 2 bridgehead atoms. The predicted octanol–water partition coefficient (Wildman–Crippen LogP) is 6.29. The van der Waals surface area contributed by atoms with Crippen molar-refractivity contribution in [3.8, 4) is 0 Å². The molecule has 2 aliphatic rings. The molecule has 0 aromatic carbocycles. The van der Waals surface area contributed by atoms with E-state index in [4.69, 9.17) is 9.47 Å². The van der Waals surface area contributed by atoms with Crippen LogP contribution >= 0.6 is 0 Å². The van der Waals surface area contributed by atoms with Crippen molar-refractivity contribution < 1.29 is 9.47 Å². The Bertz CT molecular complexity index is 302. The number of fused-ring (bicyclic) bond motifs is 2. The van der Waals surface area contributed by atoms with Crippen LogP contribution in [0.3, 0.4) is 0 Å². The lowest BCUT2D eigenvalue weighted by Gasteiger charge is -2.38. The largest absolute Gasteiger partial charge is 0.353 e. The van der Waals surface area contributed by atoms with Crippen molar-refractivity contribution in [3.05, 3.63) is 0 Å². The van der Waals surface area contributed by atoms with E-state index in [-0.39, 0.29) is 6.29 Å². The second kappa shape index (κ2) is 10.7. The summed E-state index contributed by atoms with van der Waals surface area (Å²) in [5.74, 6) is 4.28. The zero-order valence-corrected chi connectivity index (χ0v) is 16.8.